The van der Waals surface area contributed by atoms with Crippen molar-refractivity contribution in [1.82, 2.24) is 15.5 Å². The van der Waals surface area contributed by atoms with E-state index in [4.69, 9.17) is 0 Å². The number of carbonyl (C=O) groups excluding carboxylic acids is 2. The summed E-state index contributed by atoms with van der Waals surface area (Å²) in [5.41, 5.74) is 3.48. The van der Waals surface area contributed by atoms with E-state index in [2.05, 4.69) is 45.7 Å². The van der Waals surface area contributed by atoms with E-state index in [-0.39, 0.29) is 6.04 Å². The van der Waals surface area contributed by atoms with Crippen LogP contribution in [-0.2, 0) is 16.0 Å². The normalized spacial score (nSPS) is 18.5. The van der Waals surface area contributed by atoms with E-state index in [1.165, 1.54) is 36.1 Å². The molecule has 0 aromatic heterocycles. The molecule has 1 aromatic carbocycles. The van der Waals surface area contributed by atoms with Gasteiger partial charge in [0.2, 0.25) is 0 Å². The van der Waals surface area contributed by atoms with Crippen molar-refractivity contribution in [2.24, 2.45) is 0 Å². The number of rotatable bonds is 4. The van der Waals surface area contributed by atoms with Crippen LogP contribution in [0.1, 0.15) is 57.2 Å². The Hall–Kier alpha value is -2.08. The third-order valence-electron chi connectivity index (χ3n) is 5.60. The van der Waals surface area contributed by atoms with Gasteiger partial charge in [-0.1, -0.05) is 18.6 Å². The van der Waals surface area contributed by atoms with Gasteiger partial charge in [0.25, 0.3) is 0 Å². The standard InChI is InChI=1S/C22H34N4O2/c1-22(2,3)24-21(28)20(27)23-15-19(26-11-6-5-7-12-26)16-8-9-18-17(14-16)10-13-25(18)4/h8-9,14,19H,5-7,10-13,15H2,1-4H3,(H,23,27)(H,24,28). The molecule has 1 fully saturated rings. The number of nitrogens with zero attached hydrogens (tertiary/aromatic N) is 2. The van der Waals surface area contributed by atoms with Gasteiger partial charge >= 0.3 is 11.8 Å². The van der Waals surface area contributed by atoms with Gasteiger partial charge in [-0.25, -0.2) is 0 Å². The molecular formula is C22H34N4O2. The Labute approximate surface area is 168 Å². The van der Waals surface area contributed by atoms with Crippen LogP contribution in [0.15, 0.2) is 18.2 Å². The van der Waals surface area contributed by atoms with Crippen LogP contribution in [0.2, 0.25) is 0 Å². The van der Waals surface area contributed by atoms with Crippen LogP contribution in [0.5, 0.6) is 0 Å². The number of piperidine rings is 1. The summed E-state index contributed by atoms with van der Waals surface area (Å²) < 4.78 is 0. The van der Waals surface area contributed by atoms with Crippen LogP contribution in [0.25, 0.3) is 0 Å². The second-order valence-corrected chi connectivity index (χ2v) is 9.09. The maximum absolute atomic E-state index is 12.3. The van der Waals surface area contributed by atoms with Crippen molar-refractivity contribution in [3.05, 3.63) is 29.3 Å². The molecule has 3 rings (SSSR count). The number of likely N-dealkylation sites (N-methyl/N-ethyl adjacent to an activating group) is 1. The minimum atomic E-state index is -0.569. The molecule has 2 amide bonds. The number of carbonyl (C=O) groups is 2. The predicted molar refractivity (Wildman–Crippen MR) is 112 cm³/mol. The average molecular weight is 387 g/mol. The van der Waals surface area contributed by atoms with Crippen LogP contribution < -0.4 is 15.5 Å². The fraction of sp³-hybridized carbons (Fsp3) is 0.636. The summed E-state index contributed by atoms with van der Waals surface area (Å²) in [6, 6.07) is 6.77. The highest BCUT2D eigenvalue weighted by Gasteiger charge is 2.27. The Kier molecular flexibility index (Phi) is 6.28. The molecule has 1 saturated heterocycles. The Morgan fingerprint density at radius 1 is 1.07 bits per heavy atom. The first-order valence-corrected chi connectivity index (χ1v) is 10.4. The number of hydrogen-bond donors (Lipinski definition) is 2. The fourth-order valence-corrected chi connectivity index (χ4v) is 4.15. The van der Waals surface area contributed by atoms with Crippen molar-refractivity contribution in [2.45, 2.75) is 58.0 Å². The molecule has 2 aliphatic heterocycles. The maximum atomic E-state index is 12.3. The summed E-state index contributed by atoms with van der Waals surface area (Å²) in [5.74, 6) is -1.13. The lowest BCUT2D eigenvalue weighted by Crippen LogP contribution is -2.50. The molecule has 0 radical (unpaired) electrons. The summed E-state index contributed by atoms with van der Waals surface area (Å²) >= 11 is 0. The highest BCUT2D eigenvalue weighted by atomic mass is 16.2. The van der Waals surface area contributed by atoms with Gasteiger partial charge < -0.3 is 15.5 Å². The molecule has 1 atom stereocenters. The number of nitrogens with one attached hydrogen (secondary N) is 2. The molecule has 28 heavy (non-hydrogen) atoms. The van der Waals surface area contributed by atoms with E-state index in [9.17, 15) is 9.59 Å². The summed E-state index contributed by atoms with van der Waals surface area (Å²) in [5, 5.41) is 5.61. The number of hydrogen-bond acceptors (Lipinski definition) is 4. The topological polar surface area (TPSA) is 64.7 Å². The Morgan fingerprint density at radius 2 is 1.79 bits per heavy atom. The number of amides is 2. The lowest BCUT2D eigenvalue weighted by molar-refractivity contribution is -0.140. The van der Waals surface area contributed by atoms with Gasteiger partial charge in [0.1, 0.15) is 0 Å². The monoisotopic (exact) mass is 386 g/mol. The van der Waals surface area contributed by atoms with Gasteiger partial charge in [-0.05, 0) is 70.3 Å². The molecule has 154 valence electrons. The second-order valence-electron chi connectivity index (χ2n) is 9.09. The smallest absolute Gasteiger partial charge is 0.309 e. The highest BCUT2D eigenvalue weighted by Crippen LogP contribution is 2.32. The lowest BCUT2D eigenvalue weighted by Gasteiger charge is -2.35. The average Bonchev–Trinajstić information content (AvgIpc) is 3.02. The maximum Gasteiger partial charge on any atom is 0.309 e. The zero-order valence-electron chi connectivity index (χ0n) is 17.7. The van der Waals surface area contributed by atoms with Crippen molar-refractivity contribution in [3.8, 4) is 0 Å². The molecule has 0 spiro atoms. The summed E-state index contributed by atoms with van der Waals surface area (Å²) in [6.07, 6.45) is 4.69. The molecule has 2 N–H and O–H groups in total. The molecule has 0 aliphatic carbocycles. The number of fused-ring (bicyclic) bond motifs is 1. The van der Waals surface area contributed by atoms with Crippen molar-refractivity contribution in [1.29, 1.82) is 0 Å². The quantitative estimate of drug-likeness (QED) is 0.779. The highest BCUT2D eigenvalue weighted by molar-refractivity contribution is 6.35. The van der Waals surface area contributed by atoms with Crippen molar-refractivity contribution >= 4 is 17.5 Å². The SMILES string of the molecule is CN1CCc2cc(C(CNC(=O)C(=O)NC(C)(C)C)N3CCCCC3)ccc21. The van der Waals surface area contributed by atoms with Crippen LogP contribution in [0.3, 0.4) is 0 Å². The first kappa shape index (κ1) is 20.6. The lowest BCUT2D eigenvalue weighted by atomic mass is 9.98. The largest absolute Gasteiger partial charge is 0.374 e. The van der Waals surface area contributed by atoms with Crippen molar-refractivity contribution in [2.75, 3.05) is 38.1 Å². The third kappa shape index (κ3) is 5.04. The van der Waals surface area contributed by atoms with E-state index in [1.54, 1.807) is 0 Å². The number of likely N-dealkylation sites (tertiary alicyclic amines) is 1. The van der Waals surface area contributed by atoms with E-state index in [0.29, 0.717) is 6.54 Å². The number of benzene rings is 1. The van der Waals surface area contributed by atoms with Crippen molar-refractivity contribution in [3.63, 3.8) is 0 Å². The van der Waals surface area contributed by atoms with Crippen molar-refractivity contribution < 1.29 is 9.59 Å². The molecular weight excluding hydrogens is 352 g/mol. The van der Waals surface area contributed by atoms with E-state index in [0.717, 1.165) is 26.1 Å². The van der Waals surface area contributed by atoms with Gasteiger partial charge in [-0.2, -0.15) is 0 Å². The van der Waals surface area contributed by atoms with E-state index >= 15 is 0 Å². The first-order valence-electron chi connectivity index (χ1n) is 10.4. The molecule has 1 unspecified atom stereocenters. The molecule has 0 saturated carbocycles. The zero-order chi connectivity index (χ0) is 20.3. The van der Waals surface area contributed by atoms with Crippen LogP contribution in [0, 0.1) is 0 Å². The van der Waals surface area contributed by atoms with Gasteiger partial charge in [0.15, 0.2) is 0 Å². The molecule has 2 heterocycles. The molecule has 6 nitrogen and oxygen atoms in total. The van der Waals surface area contributed by atoms with Gasteiger partial charge in [-0.3, -0.25) is 14.5 Å². The van der Waals surface area contributed by atoms with E-state index in [1.807, 2.05) is 20.8 Å². The minimum absolute atomic E-state index is 0.0999. The molecule has 6 heteroatoms. The van der Waals surface area contributed by atoms with E-state index < -0.39 is 17.4 Å². The molecule has 0 bridgehead atoms. The molecule has 2 aliphatic rings. The minimum Gasteiger partial charge on any atom is -0.374 e. The van der Waals surface area contributed by atoms with Gasteiger partial charge in [0.05, 0.1) is 6.04 Å². The van der Waals surface area contributed by atoms with Gasteiger partial charge in [-0.15, -0.1) is 0 Å². The first-order chi connectivity index (χ1) is 13.2. The summed E-state index contributed by atoms with van der Waals surface area (Å²) in [4.78, 5) is 29.2. The number of anilines is 1. The second kappa shape index (κ2) is 8.52. The Balaban J connectivity index is 1.73. The Bertz CT molecular complexity index is 720. The summed E-state index contributed by atoms with van der Waals surface area (Å²) in [6.45, 7) is 9.18. The Morgan fingerprint density at radius 3 is 2.46 bits per heavy atom. The predicted octanol–water partition coefficient (Wildman–Crippen LogP) is 2.24. The van der Waals surface area contributed by atoms with Crippen LogP contribution in [-0.4, -0.2) is 55.5 Å². The fourth-order valence-electron chi connectivity index (χ4n) is 4.15. The van der Waals surface area contributed by atoms with Crippen LogP contribution >= 0.6 is 0 Å². The molecule has 1 aromatic rings. The third-order valence-corrected chi connectivity index (χ3v) is 5.60. The van der Waals surface area contributed by atoms with Crippen LogP contribution in [0.4, 0.5) is 5.69 Å². The van der Waals surface area contributed by atoms with Gasteiger partial charge in [0, 0.05) is 31.4 Å². The summed E-state index contributed by atoms with van der Waals surface area (Å²) in [7, 11) is 2.13. The zero-order valence-corrected chi connectivity index (χ0v) is 17.7.